The normalized spacial score (nSPS) is 10.5. The Balaban J connectivity index is 2.23. The Bertz CT molecular complexity index is 534. The highest BCUT2D eigenvalue weighted by Crippen LogP contribution is 2.18. The number of nitrogens with zero attached hydrogens (tertiary/aromatic N) is 2. The average Bonchev–Trinajstić information content (AvgIpc) is 2.95. The Hall–Kier alpha value is -2.06. The first-order valence-corrected chi connectivity index (χ1v) is 5.51. The lowest BCUT2D eigenvalue weighted by molar-refractivity contribution is 0.561. The molecule has 2 aromatic heterocycles. The number of nitrogens with one attached hydrogen (secondary N) is 1. The molecule has 0 aromatic carbocycles. The maximum Gasteiger partial charge on any atom is 0.232 e. The van der Waals surface area contributed by atoms with Crippen LogP contribution in [0.2, 0.25) is 0 Å². The van der Waals surface area contributed by atoms with Crippen LogP contribution in [0.15, 0.2) is 21.9 Å². The van der Waals surface area contributed by atoms with Crippen molar-refractivity contribution in [1.29, 1.82) is 5.26 Å². The summed E-state index contributed by atoms with van der Waals surface area (Å²) < 4.78 is 5.33. The Morgan fingerprint density at radius 1 is 1.56 bits per heavy atom. The van der Waals surface area contributed by atoms with Crippen LogP contribution in [-0.4, -0.2) is 12.0 Å². The van der Waals surface area contributed by atoms with Gasteiger partial charge in [0.25, 0.3) is 0 Å². The maximum absolute atomic E-state index is 8.78. The first-order chi connectivity index (χ1) is 7.83. The molecular weight excluding hydrogens is 222 g/mol. The first kappa shape index (κ1) is 10.5. The molecular formula is C11H9N3OS. The van der Waals surface area contributed by atoms with Gasteiger partial charge in [-0.2, -0.15) is 10.2 Å². The third-order valence-electron chi connectivity index (χ3n) is 1.91. The largest absolute Gasteiger partial charge is 0.420 e. The molecule has 80 valence electrons. The molecule has 4 nitrogen and oxygen atoms in total. The minimum absolute atomic E-state index is 0.272. The molecule has 0 amide bonds. The smallest absolute Gasteiger partial charge is 0.232 e. The predicted molar refractivity (Wildman–Crippen MR) is 64.0 cm³/mol. The van der Waals surface area contributed by atoms with Crippen LogP contribution in [0.1, 0.15) is 16.5 Å². The zero-order valence-corrected chi connectivity index (χ0v) is 9.41. The van der Waals surface area contributed by atoms with Crippen molar-refractivity contribution in [2.75, 3.05) is 12.4 Å². The zero-order valence-electron chi connectivity index (χ0n) is 8.60. The summed E-state index contributed by atoms with van der Waals surface area (Å²) >= 11 is 1.63. The number of hydrogen-bond donors (Lipinski definition) is 1. The second kappa shape index (κ2) is 4.64. The van der Waals surface area contributed by atoms with Crippen LogP contribution in [0, 0.1) is 11.3 Å². The van der Waals surface area contributed by atoms with E-state index < -0.39 is 0 Å². The molecule has 2 heterocycles. The van der Waals surface area contributed by atoms with Crippen molar-refractivity contribution in [1.82, 2.24) is 4.98 Å². The molecule has 0 aliphatic rings. The van der Waals surface area contributed by atoms with E-state index in [1.54, 1.807) is 24.5 Å². The van der Waals surface area contributed by atoms with E-state index in [9.17, 15) is 0 Å². The topological polar surface area (TPSA) is 61.9 Å². The summed E-state index contributed by atoms with van der Waals surface area (Å²) in [7, 11) is 1.69. The number of hydrogen-bond acceptors (Lipinski definition) is 5. The van der Waals surface area contributed by atoms with Gasteiger partial charge in [0.15, 0.2) is 0 Å². The molecule has 0 aliphatic carbocycles. The lowest BCUT2D eigenvalue weighted by Crippen LogP contribution is -1.87. The summed E-state index contributed by atoms with van der Waals surface area (Å²) in [4.78, 5) is 5.14. The second-order valence-electron chi connectivity index (χ2n) is 2.94. The highest BCUT2D eigenvalue weighted by molar-refractivity contribution is 7.10. The Labute approximate surface area is 96.9 Å². The summed E-state index contributed by atoms with van der Waals surface area (Å²) in [5.41, 5.74) is 0.272. The standard InChI is InChI=1S/C11H9N3OS/c1-13-11-9(7-12)14-10(15-11)5-4-8-3-2-6-16-8/h2-6,13H,1H3/b5-4+. The maximum atomic E-state index is 8.78. The molecule has 2 rings (SSSR count). The van der Waals surface area contributed by atoms with Crippen LogP contribution in [0.4, 0.5) is 5.88 Å². The summed E-state index contributed by atoms with van der Waals surface area (Å²) in [5.74, 6) is 0.822. The fraction of sp³-hybridized carbons (Fsp3) is 0.0909. The molecule has 0 atom stereocenters. The van der Waals surface area contributed by atoms with Gasteiger partial charge in [0, 0.05) is 18.0 Å². The van der Waals surface area contributed by atoms with E-state index in [1.165, 1.54) is 0 Å². The number of anilines is 1. The molecule has 0 radical (unpaired) electrons. The van der Waals surface area contributed by atoms with Crippen molar-refractivity contribution >= 4 is 29.4 Å². The Morgan fingerprint density at radius 3 is 3.00 bits per heavy atom. The molecule has 0 aliphatic heterocycles. The predicted octanol–water partition coefficient (Wildman–Crippen LogP) is 2.82. The molecule has 0 spiro atoms. The second-order valence-corrected chi connectivity index (χ2v) is 3.92. The van der Waals surface area contributed by atoms with Crippen LogP contribution in [0.5, 0.6) is 0 Å². The van der Waals surface area contributed by atoms with Crippen molar-refractivity contribution in [3.05, 3.63) is 34.0 Å². The minimum atomic E-state index is 0.272. The van der Waals surface area contributed by atoms with Gasteiger partial charge in [-0.3, -0.25) is 0 Å². The number of rotatable bonds is 3. The van der Waals surface area contributed by atoms with Crippen LogP contribution in [0.3, 0.4) is 0 Å². The van der Waals surface area contributed by atoms with Crippen molar-refractivity contribution in [2.45, 2.75) is 0 Å². The Morgan fingerprint density at radius 2 is 2.44 bits per heavy atom. The molecule has 5 heteroatoms. The molecule has 0 bridgehead atoms. The summed E-state index contributed by atoms with van der Waals surface area (Å²) in [6.07, 6.45) is 3.64. The molecule has 0 fully saturated rings. The van der Waals surface area contributed by atoms with Crippen molar-refractivity contribution in [2.24, 2.45) is 0 Å². The zero-order chi connectivity index (χ0) is 11.4. The monoisotopic (exact) mass is 231 g/mol. The molecule has 16 heavy (non-hydrogen) atoms. The van der Waals surface area contributed by atoms with Gasteiger partial charge >= 0.3 is 0 Å². The van der Waals surface area contributed by atoms with E-state index in [0.717, 1.165) is 4.88 Å². The minimum Gasteiger partial charge on any atom is -0.420 e. The summed E-state index contributed by atoms with van der Waals surface area (Å²) in [6, 6.07) is 5.93. The van der Waals surface area contributed by atoms with Crippen LogP contribution >= 0.6 is 11.3 Å². The van der Waals surface area contributed by atoms with Gasteiger partial charge < -0.3 is 9.73 Å². The molecule has 0 unspecified atom stereocenters. The van der Waals surface area contributed by atoms with E-state index in [1.807, 2.05) is 29.7 Å². The molecule has 0 saturated carbocycles. The van der Waals surface area contributed by atoms with E-state index in [0.29, 0.717) is 11.8 Å². The van der Waals surface area contributed by atoms with Gasteiger partial charge in [-0.1, -0.05) is 6.07 Å². The Kier molecular flexibility index (Phi) is 3.03. The number of thiophene rings is 1. The molecule has 0 saturated heterocycles. The fourth-order valence-electron chi connectivity index (χ4n) is 1.19. The summed E-state index contributed by atoms with van der Waals surface area (Å²) in [5, 5.41) is 13.6. The van der Waals surface area contributed by atoms with Crippen LogP contribution < -0.4 is 5.32 Å². The molecule has 2 aromatic rings. The number of nitriles is 1. The van der Waals surface area contributed by atoms with E-state index in [4.69, 9.17) is 9.68 Å². The number of aromatic nitrogens is 1. The summed E-state index contributed by atoms with van der Waals surface area (Å²) in [6.45, 7) is 0. The third kappa shape index (κ3) is 2.12. The SMILES string of the molecule is CNc1oc(/C=C/c2cccs2)nc1C#N. The molecule has 1 N–H and O–H groups in total. The van der Waals surface area contributed by atoms with Gasteiger partial charge in [0.2, 0.25) is 17.5 Å². The van der Waals surface area contributed by atoms with E-state index >= 15 is 0 Å². The van der Waals surface area contributed by atoms with Crippen LogP contribution in [-0.2, 0) is 0 Å². The van der Waals surface area contributed by atoms with E-state index in [-0.39, 0.29) is 5.69 Å². The van der Waals surface area contributed by atoms with Crippen molar-refractivity contribution < 1.29 is 4.42 Å². The van der Waals surface area contributed by atoms with Gasteiger partial charge in [-0.05, 0) is 17.5 Å². The highest BCUT2D eigenvalue weighted by Gasteiger charge is 2.08. The van der Waals surface area contributed by atoms with Crippen LogP contribution in [0.25, 0.3) is 12.2 Å². The number of oxazole rings is 1. The third-order valence-corrected chi connectivity index (χ3v) is 2.75. The first-order valence-electron chi connectivity index (χ1n) is 4.63. The highest BCUT2D eigenvalue weighted by atomic mass is 32.1. The van der Waals surface area contributed by atoms with Crippen molar-refractivity contribution in [3.8, 4) is 6.07 Å². The lowest BCUT2D eigenvalue weighted by Gasteiger charge is -1.88. The lowest BCUT2D eigenvalue weighted by atomic mass is 10.4. The van der Waals surface area contributed by atoms with Gasteiger partial charge in [-0.15, -0.1) is 11.3 Å². The van der Waals surface area contributed by atoms with Gasteiger partial charge in [-0.25, -0.2) is 0 Å². The fourth-order valence-corrected chi connectivity index (χ4v) is 1.81. The van der Waals surface area contributed by atoms with Gasteiger partial charge in [0.1, 0.15) is 6.07 Å². The van der Waals surface area contributed by atoms with Crippen molar-refractivity contribution in [3.63, 3.8) is 0 Å². The quantitative estimate of drug-likeness (QED) is 0.882. The van der Waals surface area contributed by atoms with Gasteiger partial charge in [0.05, 0.1) is 0 Å². The van der Waals surface area contributed by atoms with E-state index in [2.05, 4.69) is 10.3 Å². The average molecular weight is 231 g/mol.